The molecule has 0 aliphatic rings. The number of anilines is 1. The van der Waals surface area contributed by atoms with Crippen molar-refractivity contribution in [1.82, 2.24) is 0 Å². The van der Waals surface area contributed by atoms with E-state index in [1.807, 2.05) is 0 Å². The van der Waals surface area contributed by atoms with E-state index in [9.17, 15) is 0 Å². The smallest absolute Gasteiger partial charge is 0.684 e. The van der Waals surface area contributed by atoms with Crippen molar-refractivity contribution in [2.24, 2.45) is 0 Å². The summed E-state index contributed by atoms with van der Waals surface area (Å²) in [5.41, 5.74) is 8.40. The molecule has 0 fully saturated rings. The van der Waals surface area contributed by atoms with Gasteiger partial charge in [0.15, 0.2) is 0 Å². The molecule has 0 saturated carbocycles. The molecule has 174 valence electrons. The number of hydrogen-bond acceptors (Lipinski definition) is 1. The summed E-state index contributed by atoms with van der Waals surface area (Å²) in [6.45, 7) is 23.6. The van der Waals surface area contributed by atoms with Crippen molar-refractivity contribution in [2.45, 2.75) is 92.4 Å². The zero-order valence-electron chi connectivity index (χ0n) is 22.0. The molecule has 0 aliphatic carbocycles. The number of nitrogens with zero attached hydrogens (tertiary/aromatic N) is 2. The first-order chi connectivity index (χ1) is 14.7. The second kappa shape index (κ2) is 13.5. The molecule has 0 saturated heterocycles. The Morgan fingerprint density at radius 3 is 1.47 bits per heavy atom. The van der Waals surface area contributed by atoms with Crippen LogP contribution >= 0.6 is 0 Å². The summed E-state index contributed by atoms with van der Waals surface area (Å²) in [5.74, 6) is 2.05. The Kier molecular flexibility index (Phi) is 12.1. The Hall–Kier alpha value is -1.25. The van der Waals surface area contributed by atoms with Crippen molar-refractivity contribution in [2.75, 3.05) is 24.5 Å². The number of para-hydroxylation sites is 2. The van der Waals surface area contributed by atoms with Gasteiger partial charge in [0.05, 0.1) is 0 Å². The molecule has 32 heavy (non-hydrogen) atoms. The molecule has 0 amide bonds. The van der Waals surface area contributed by atoms with Crippen LogP contribution in [0.25, 0.3) is 5.32 Å². The summed E-state index contributed by atoms with van der Waals surface area (Å²) < 4.78 is 0. The Bertz CT molecular complexity index is 771. The van der Waals surface area contributed by atoms with Gasteiger partial charge in [-0.1, -0.05) is 109 Å². The average molecular weight is 470 g/mol. The Morgan fingerprint density at radius 1 is 0.688 bits per heavy atom. The molecular formula is C29H45N2Ti+. The van der Waals surface area contributed by atoms with Crippen LogP contribution in [0.5, 0.6) is 0 Å². The molecule has 0 N–H and O–H groups in total. The van der Waals surface area contributed by atoms with Gasteiger partial charge in [-0.15, -0.1) is 12.2 Å². The first kappa shape index (κ1) is 28.8. The fourth-order valence-electron chi connectivity index (χ4n) is 4.45. The van der Waals surface area contributed by atoms with Gasteiger partial charge in [0.1, 0.15) is 0 Å². The number of benzene rings is 2. The van der Waals surface area contributed by atoms with E-state index in [1.54, 1.807) is 0 Å². The predicted octanol–water partition coefficient (Wildman–Crippen LogP) is 9.10. The number of rotatable bonds is 11. The quantitative estimate of drug-likeness (QED) is 0.237. The normalized spacial score (nSPS) is 11.4. The van der Waals surface area contributed by atoms with Crippen LogP contribution in [0.4, 0.5) is 11.4 Å². The summed E-state index contributed by atoms with van der Waals surface area (Å²) in [6, 6.07) is 13.6. The van der Waals surface area contributed by atoms with Gasteiger partial charge < -0.3 is 10.2 Å². The van der Waals surface area contributed by atoms with Crippen molar-refractivity contribution in [1.29, 1.82) is 0 Å². The molecule has 0 unspecified atom stereocenters. The van der Waals surface area contributed by atoms with E-state index in [0.29, 0.717) is 23.7 Å². The van der Waals surface area contributed by atoms with Gasteiger partial charge in [0.2, 0.25) is 0 Å². The van der Waals surface area contributed by atoms with E-state index in [0.717, 1.165) is 26.1 Å². The molecule has 0 atom stereocenters. The van der Waals surface area contributed by atoms with Crippen molar-refractivity contribution in [3.05, 3.63) is 64.0 Å². The minimum atomic E-state index is 0. The maximum Gasteiger partial charge on any atom is 2.00 e. The van der Waals surface area contributed by atoms with Gasteiger partial charge in [-0.3, -0.25) is 0 Å². The molecule has 0 aromatic heterocycles. The largest absolute Gasteiger partial charge is 2.00 e. The van der Waals surface area contributed by atoms with Crippen LogP contribution in [-0.2, 0) is 21.7 Å². The minimum Gasteiger partial charge on any atom is -0.684 e. The van der Waals surface area contributed by atoms with Crippen molar-refractivity contribution >= 4 is 11.4 Å². The first-order valence-corrected chi connectivity index (χ1v) is 12.4. The van der Waals surface area contributed by atoms with Gasteiger partial charge in [-0.2, -0.15) is 0 Å². The van der Waals surface area contributed by atoms with Gasteiger partial charge in [0, 0.05) is 18.8 Å². The van der Waals surface area contributed by atoms with E-state index < -0.39 is 0 Å². The molecule has 2 nitrogen and oxygen atoms in total. The molecule has 2 aromatic carbocycles. The summed E-state index contributed by atoms with van der Waals surface area (Å²) in [6.07, 6.45) is 1.07. The monoisotopic (exact) mass is 469 g/mol. The second-order valence-corrected chi connectivity index (χ2v) is 10.0. The van der Waals surface area contributed by atoms with Crippen LogP contribution in [0.2, 0.25) is 0 Å². The Balaban J connectivity index is 0.00000512. The van der Waals surface area contributed by atoms with E-state index >= 15 is 0 Å². The summed E-state index contributed by atoms with van der Waals surface area (Å²) >= 11 is 0. The van der Waals surface area contributed by atoms with Gasteiger partial charge in [-0.05, 0) is 41.7 Å². The summed E-state index contributed by atoms with van der Waals surface area (Å²) in [5, 5.41) is 5.14. The Morgan fingerprint density at radius 2 is 1.09 bits per heavy atom. The molecule has 0 aliphatic heterocycles. The fraction of sp³-hybridized carbons (Fsp3) is 0.586. The van der Waals surface area contributed by atoms with Crippen LogP contribution in [0, 0.1) is 0 Å². The maximum atomic E-state index is 5.14. The van der Waals surface area contributed by atoms with Crippen molar-refractivity contribution in [3.8, 4) is 0 Å². The third kappa shape index (κ3) is 7.13. The third-order valence-electron chi connectivity index (χ3n) is 6.24. The van der Waals surface area contributed by atoms with E-state index in [4.69, 9.17) is 5.32 Å². The zero-order chi connectivity index (χ0) is 23.1. The van der Waals surface area contributed by atoms with Crippen molar-refractivity contribution in [3.63, 3.8) is 0 Å². The topological polar surface area (TPSA) is 17.3 Å². The van der Waals surface area contributed by atoms with E-state index in [1.165, 1.54) is 33.6 Å². The van der Waals surface area contributed by atoms with Crippen LogP contribution in [-0.4, -0.2) is 19.6 Å². The molecule has 0 bridgehead atoms. The zero-order valence-corrected chi connectivity index (χ0v) is 23.6. The third-order valence-corrected chi connectivity index (χ3v) is 6.24. The molecule has 0 radical (unpaired) electrons. The summed E-state index contributed by atoms with van der Waals surface area (Å²) in [7, 11) is 0. The van der Waals surface area contributed by atoms with E-state index in [-0.39, 0.29) is 21.7 Å². The minimum absolute atomic E-state index is 0. The molecule has 0 spiro atoms. The molecule has 2 rings (SSSR count). The molecule has 0 heterocycles. The van der Waals surface area contributed by atoms with Crippen molar-refractivity contribution < 1.29 is 21.7 Å². The van der Waals surface area contributed by atoms with Crippen LogP contribution in [0.15, 0.2) is 36.4 Å². The second-order valence-electron chi connectivity index (χ2n) is 10.0. The Labute approximate surface area is 213 Å². The van der Waals surface area contributed by atoms with Crippen LogP contribution < -0.4 is 4.90 Å². The van der Waals surface area contributed by atoms with Crippen LogP contribution in [0.3, 0.4) is 0 Å². The number of hydrogen-bond donors (Lipinski definition) is 0. The van der Waals surface area contributed by atoms with Crippen LogP contribution in [0.1, 0.15) is 115 Å². The first-order valence-electron chi connectivity index (χ1n) is 12.4. The standard InChI is InChI=1S/C29H45N2.Ti/c1-10-31(29-26(22(6)7)16-12-17-27(29)23(8)9)19-13-18-30-28-24(20(2)3)14-11-15-25(28)21(4)5;/h11-12,14-17,20-23H,10,13,18-19H2,1-9H3;/q-1;+2. The predicted molar refractivity (Wildman–Crippen MR) is 140 cm³/mol. The van der Waals surface area contributed by atoms with Gasteiger partial charge in [0.25, 0.3) is 0 Å². The molecular weight excluding hydrogens is 424 g/mol. The fourth-order valence-corrected chi connectivity index (χ4v) is 4.45. The molecule has 3 heteroatoms. The van der Waals surface area contributed by atoms with Gasteiger partial charge in [-0.25, -0.2) is 0 Å². The van der Waals surface area contributed by atoms with Gasteiger partial charge >= 0.3 is 21.7 Å². The van der Waals surface area contributed by atoms with E-state index in [2.05, 4.69) is 104 Å². The summed E-state index contributed by atoms with van der Waals surface area (Å²) in [4.78, 5) is 2.58. The maximum absolute atomic E-state index is 5.14. The average Bonchev–Trinajstić information content (AvgIpc) is 2.72. The molecule has 2 aromatic rings. The SMILES string of the molecule is CCN(CCC[N-]c1c(C(C)C)cccc1C(C)C)c1c(C(C)C)cccc1C(C)C.[Ti+2].